The molecule has 1 aromatic heterocycles. The van der Waals surface area contributed by atoms with E-state index in [-0.39, 0.29) is 17.2 Å². The van der Waals surface area contributed by atoms with Crippen LogP contribution in [0.4, 0.5) is 10.1 Å². The number of thioether (sulfide) groups is 1. The second-order valence-electron chi connectivity index (χ2n) is 7.25. The van der Waals surface area contributed by atoms with E-state index in [0.717, 1.165) is 11.8 Å². The highest BCUT2D eigenvalue weighted by Gasteiger charge is 2.16. The van der Waals surface area contributed by atoms with Gasteiger partial charge in [0.15, 0.2) is 5.16 Å². The van der Waals surface area contributed by atoms with Gasteiger partial charge in [0.1, 0.15) is 11.6 Å². The Morgan fingerprint density at radius 1 is 1.12 bits per heavy atom. The smallest absolute Gasteiger partial charge is 0.266 e. The first-order chi connectivity index (χ1) is 16.0. The van der Waals surface area contributed by atoms with Gasteiger partial charge in [-0.1, -0.05) is 42.1 Å². The molecule has 33 heavy (non-hydrogen) atoms. The van der Waals surface area contributed by atoms with Crippen molar-refractivity contribution < 1.29 is 13.9 Å². The van der Waals surface area contributed by atoms with Crippen LogP contribution in [0.3, 0.4) is 0 Å². The zero-order valence-electron chi connectivity index (χ0n) is 18.2. The van der Waals surface area contributed by atoms with Crippen molar-refractivity contribution in [1.82, 2.24) is 9.55 Å². The van der Waals surface area contributed by atoms with Gasteiger partial charge in [-0.15, -0.1) is 0 Å². The number of para-hydroxylation sites is 3. The summed E-state index contributed by atoms with van der Waals surface area (Å²) in [5.41, 5.74) is 1.58. The van der Waals surface area contributed by atoms with Gasteiger partial charge in [0.05, 0.1) is 34.6 Å². The molecule has 0 aliphatic heterocycles. The Hall–Kier alpha value is -3.65. The lowest BCUT2D eigenvalue weighted by Gasteiger charge is -2.14. The lowest BCUT2D eigenvalue weighted by molar-refractivity contribution is -0.113. The molecular weight excluding hydrogens is 441 g/mol. The Bertz CT molecular complexity index is 1390. The minimum absolute atomic E-state index is 0.000414. The quantitative estimate of drug-likeness (QED) is 0.310. The number of aromatic nitrogens is 2. The van der Waals surface area contributed by atoms with Crippen molar-refractivity contribution in [2.75, 3.05) is 17.7 Å². The molecule has 0 fully saturated rings. The average molecular weight is 464 g/mol. The van der Waals surface area contributed by atoms with E-state index < -0.39 is 5.82 Å². The summed E-state index contributed by atoms with van der Waals surface area (Å²) in [7, 11) is 0. The van der Waals surface area contributed by atoms with Crippen LogP contribution < -0.4 is 15.6 Å². The predicted molar refractivity (Wildman–Crippen MR) is 129 cm³/mol. The van der Waals surface area contributed by atoms with E-state index in [0.29, 0.717) is 45.4 Å². The topological polar surface area (TPSA) is 73.2 Å². The SMILES string of the molecule is CCOc1ccccc1NC(=O)CSc1nc2ccccc2c(=O)n1-c1ccc(C)c(F)c1. The zero-order chi connectivity index (χ0) is 23.4. The molecule has 0 unspecified atom stereocenters. The van der Waals surface area contributed by atoms with Gasteiger partial charge in [-0.3, -0.25) is 14.2 Å². The highest BCUT2D eigenvalue weighted by Crippen LogP contribution is 2.26. The summed E-state index contributed by atoms with van der Waals surface area (Å²) in [4.78, 5) is 30.5. The third-order valence-electron chi connectivity index (χ3n) is 4.95. The van der Waals surface area contributed by atoms with Crippen LogP contribution in [-0.4, -0.2) is 27.8 Å². The predicted octanol–water partition coefficient (Wildman–Crippen LogP) is 4.96. The number of anilines is 1. The van der Waals surface area contributed by atoms with Crippen LogP contribution >= 0.6 is 11.8 Å². The van der Waals surface area contributed by atoms with Crippen LogP contribution in [0, 0.1) is 12.7 Å². The van der Waals surface area contributed by atoms with E-state index in [1.54, 1.807) is 61.5 Å². The molecule has 3 aromatic carbocycles. The van der Waals surface area contributed by atoms with Crippen molar-refractivity contribution in [2.45, 2.75) is 19.0 Å². The summed E-state index contributed by atoms with van der Waals surface area (Å²) >= 11 is 1.10. The van der Waals surface area contributed by atoms with Crippen LogP contribution in [0.5, 0.6) is 5.75 Å². The third kappa shape index (κ3) is 4.90. The summed E-state index contributed by atoms with van der Waals surface area (Å²) < 4.78 is 21.2. The number of aryl methyl sites for hydroxylation is 1. The lowest BCUT2D eigenvalue weighted by atomic mass is 10.2. The number of carbonyl (C=O) groups excluding carboxylic acids is 1. The van der Waals surface area contributed by atoms with Crippen molar-refractivity contribution in [3.63, 3.8) is 0 Å². The van der Waals surface area contributed by atoms with Crippen LogP contribution in [0.25, 0.3) is 16.6 Å². The molecule has 168 valence electrons. The van der Waals surface area contributed by atoms with Gasteiger partial charge in [-0.05, 0) is 55.8 Å². The number of nitrogens with zero attached hydrogens (tertiary/aromatic N) is 2. The third-order valence-corrected chi connectivity index (χ3v) is 5.89. The maximum absolute atomic E-state index is 14.3. The van der Waals surface area contributed by atoms with Gasteiger partial charge in [0.2, 0.25) is 5.91 Å². The zero-order valence-corrected chi connectivity index (χ0v) is 19.0. The molecule has 0 bridgehead atoms. The number of carbonyl (C=O) groups is 1. The maximum atomic E-state index is 14.3. The maximum Gasteiger partial charge on any atom is 0.266 e. The fraction of sp³-hybridized carbons (Fsp3) is 0.160. The van der Waals surface area contributed by atoms with Crippen molar-refractivity contribution in [3.8, 4) is 11.4 Å². The van der Waals surface area contributed by atoms with E-state index in [2.05, 4.69) is 10.3 Å². The minimum atomic E-state index is -0.422. The molecule has 8 heteroatoms. The summed E-state index contributed by atoms with van der Waals surface area (Å²) in [5.74, 6) is -0.126. The highest BCUT2D eigenvalue weighted by atomic mass is 32.2. The minimum Gasteiger partial charge on any atom is -0.492 e. The summed E-state index contributed by atoms with van der Waals surface area (Å²) in [6.45, 7) is 4.00. The Kier molecular flexibility index (Phi) is 6.74. The van der Waals surface area contributed by atoms with Crippen molar-refractivity contribution in [1.29, 1.82) is 0 Å². The van der Waals surface area contributed by atoms with Crippen molar-refractivity contribution in [2.24, 2.45) is 0 Å². The number of amides is 1. The molecule has 0 saturated heterocycles. The Morgan fingerprint density at radius 3 is 2.67 bits per heavy atom. The molecule has 4 rings (SSSR count). The van der Waals surface area contributed by atoms with Gasteiger partial charge >= 0.3 is 0 Å². The number of ether oxygens (including phenoxy) is 1. The molecule has 1 amide bonds. The monoisotopic (exact) mass is 463 g/mol. The molecule has 0 aliphatic rings. The van der Waals surface area contributed by atoms with E-state index in [4.69, 9.17) is 4.74 Å². The molecule has 6 nitrogen and oxygen atoms in total. The van der Waals surface area contributed by atoms with E-state index in [1.807, 2.05) is 13.0 Å². The van der Waals surface area contributed by atoms with Crippen LogP contribution in [-0.2, 0) is 4.79 Å². The highest BCUT2D eigenvalue weighted by molar-refractivity contribution is 7.99. The molecular formula is C25H22FN3O3S. The van der Waals surface area contributed by atoms with E-state index in [1.165, 1.54) is 10.6 Å². The van der Waals surface area contributed by atoms with E-state index >= 15 is 0 Å². The molecule has 1 heterocycles. The molecule has 0 radical (unpaired) electrons. The lowest BCUT2D eigenvalue weighted by Crippen LogP contribution is -2.23. The molecule has 0 spiro atoms. The second kappa shape index (κ2) is 9.87. The number of hydrogen-bond acceptors (Lipinski definition) is 5. The number of rotatable bonds is 7. The average Bonchev–Trinajstić information content (AvgIpc) is 2.81. The molecule has 0 atom stereocenters. The number of halogens is 1. The fourth-order valence-electron chi connectivity index (χ4n) is 3.33. The van der Waals surface area contributed by atoms with Crippen LogP contribution in [0.1, 0.15) is 12.5 Å². The number of fused-ring (bicyclic) bond motifs is 1. The standard InChI is InChI=1S/C25H22FN3O3S/c1-3-32-22-11-7-6-10-21(22)27-23(30)15-33-25-28-20-9-5-4-8-18(20)24(31)29(25)17-13-12-16(2)19(26)14-17/h4-14H,3,15H2,1-2H3,(H,27,30). The Balaban J connectivity index is 1.66. The second-order valence-corrected chi connectivity index (χ2v) is 8.19. The first kappa shape index (κ1) is 22.5. The number of benzene rings is 3. The first-order valence-corrected chi connectivity index (χ1v) is 11.4. The van der Waals surface area contributed by atoms with Gasteiger partial charge in [-0.25, -0.2) is 9.37 Å². The normalized spacial score (nSPS) is 10.9. The van der Waals surface area contributed by atoms with Gasteiger partial charge in [0, 0.05) is 0 Å². The molecule has 0 saturated carbocycles. The molecule has 0 aliphatic carbocycles. The van der Waals surface area contributed by atoms with Gasteiger partial charge < -0.3 is 10.1 Å². The van der Waals surface area contributed by atoms with Crippen LogP contribution in [0.2, 0.25) is 0 Å². The Labute approximate surface area is 194 Å². The van der Waals surface area contributed by atoms with Crippen molar-refractivity contribution >= 4 is 34.3 Å². The summed E-state index contributed by atoms with van der Waals surface area (Å²) in [5, 5.41) is 3.55. The molecule has 1 N–H and O–H groups in total. The van der Waals surface area contributed by atoms with Crippen LogP contribution in [0.15, 0.2) is 76.7 Å². The largest absolute Gasteiger partial charge is 0.492 e. The number of nitrogens with one attached hydrogen (secondary N) is 1. The van der Waals surface area contributed by atoms with Crippen molar-refractivity contribution in [3.05, 3.63) is 88.5 Å². The number of hydrogen-bond donors (Lipinski definition) is 1. The Morgan fingerprint density at radius 2 is 1.88 bits per heavy atom. The van der Waals surface area contributed by atoms with Gasteiger partial charge in [0.25, 0.3) is 5.56 Å². The fourth-order valence-corrected chi connectivity index (χ4v) is 4.14. The first-order valence-electron chi connectivity index (χ1n) is 10.4. The summed E-state index contributed by atoms with van der Waals surface area (Å²) in [6, 6.07) is 18.7. The molecule has 4 aromatic rings. The van der Waals surface area contributed by atoms with E-state index in [9.17, 15) is 14.0 Å². The summed E-state index contributed by atoms with van der Waals surface area (Å²) in [6.07, 6.45) is 0. The van der Waals surface area contributed by atoms with Gasteiger partial charge in [-0.2, -0.15) is 0 Å².